The Morgan fingerprint density at radius 1 is 1.03 bits per heavy atom. The lowest BCUT2D eigenvalue weighted by Gasteiger charge is -2.27. The first-order valence-corrected chi connectivity index (χ1v) is 9.95. The zero-order valence-electron chi connectivity index (χ0n) is 17.6. The summed E-state index contributed by atoms with van der Waals surface area (Å²) < 4.78 is 5.36. The lowest BCUT2D eigenvalue weighted by molar-refractivity contribution is -0.118. The maximum absolute atomic E-state index is 12.7. The molecule has 3 amide bonds. The number of benzene rings is 2. The second-order valence-corrected chi connectivity index (χ2v) is 6.91. The molecule has 0 spiro atoms. The number of nitrogens with one attached hydrogen (secondary N) is 3. The number of hydrogen-bond acceptors (Lipinski definition) is 7. The smallest absolute Gasteiger partial charge is 0.292 e. The molecule has 1 aliphatic rings. The third-order valence-corrected chi connectivity index (χ3v) is 4.70. The van der Waals surface area contributed by atoms with Crippen molar-refractivity contribution in [2.75, 3.05) is 29.3 Å². The third-order valence-electron chi connectivity index (χ3n) is 4.70. The van der Waals surface area contributed by atoms with Gasteiger partial charge in [-0.05, 0) is 36.4 Å². The SMILES string of the molecule is COc1cc(NC(=O)C2=NCC(=O)N(c3ccccc3)N2)ccc1NC(=O)c1cccnc1. The zero-order chi connectivity index (χ0) is 23.2. The van der Waals surface area contributed by atoms with Crippen molar-refractivity contribution >= 4 is 40.6 Å². The normalized spacial score (nSPS) is 12.9. The highest BCUT2D eigenvalue weighted by Gasteiger charge is 2.25. The zero-order valence-corrected chi connectivity index (χ0v) is 17.6. The number of carbonyl (C=O) groups excluding carboxylic acids is 3. The van der Waals surface area contributed by atoms with Gasteiger partial charge in [0.2, 0.25) is 5.84 Å². The molecule has 3 N–H and O–H groups in total. The number of nitrogens with zero attached hydrogens (tertiary/aromatic N) is 3. The van der Waals surface area contributed by atoms with Gasteiger partial charge in [-0.15, -0.1) is 0 Å². The maximum atomic E-state index is 12.7. The molecule has 0 saturated carbocycles. The molecule has 10 nitrogen and oxygen atoms in total. The van der Waals surface area contributed by atoms with Gasteiger partial charge in [-0.3, -0.25) is 29.8 Å². The van der Waals surface area contributed by atoms with Gasteiger partial charge in [-0.25, -0.2) is 5.01 Å². The van der Waals surface area contributed by atoms with E-state index in [1.54, 1.807) is 60.8 Å². The van der Waals surface area contributed by atoms with Crippen LogP contribution in [0.4, 0.5) is 17.1 Å². The van der Waals surface area contributed by atoms with Crippen molar-refractivity contribution < 1.29 is 19.1 Å². The fraction of sp³-hybridized carbons (Fsp3) is 0.0870. The summed E-state index contributed by atoms with van der Waals surface area (Å²) in [6.45, 7) is -0.159. The molecule has 33 heavy (non-hydrogen) atoms. The highest BCUT2D eigenvalue weighted by atomic mass is 16.5. The predicted octanol–water partition coefficient (Wildman–Crippen LogP) is 2.23. The number of aliphatic imine (C=N–C) groups is 1. The second kappa shape index (κ2) is 9.60. The van der Waals surface area contributed by atoms with E-state index in [0.29, 0.717) is 28.4 Å². The van der Waals surface area contributed by atoms with Crippen LogP contribution in [0.5, 0.6) is 5.75 Å². The van der Waals surface area contributed by atoms with Gasteiger partial charge < -0.3 is 15.4 Å². The minimum Gasteiger partial charge on any atom is -0.494 e. The molecule has 1 aromatic heterocycles. The largest absolute Gasteiger partial charge is 0.494 e. The second-order valence-electron chi connectivity index (χ2n) is 6.91. The van der Waals surface area contributed by atoms with Crippen LogP contribution in [0.2, 0.25) is 0 Å². The van der Waals surface area contributed by atoms with E-state index in [4.69, 9.17) is 4.74 Å². The van der Waals surface area contributed by atoms with Crippen molar-refractivity contribution in [3.05, 3.63) is 78.6 Å². The van der Waals surface area contributed by atoms with Gasteiger partial charge in [0.25, 0.3) is 17.7 Å². The Morgan fingerprint density at radius 3 is 2.58 bits per heavy atom. The molecule has 0 aliphatic carbocycles. The number of para-hydroxylation sites is 1. The summed E-state index contributed by atoms with van der Waals surface area (Å²) in [4.78, 5) is 45.3. The Balaban J connectivity index is 1.46. The van der Waals surface area contributed by atoms with Crippen LogP contribution < -0.4 is 25.8 Å². The van der Waals surface area contributed by atoms with Crippen molar-refractivity contribution in [1.82, 2.24) is 10.4 Å². The summed E-state index contributed by atoms with van der Waals surface area (Å²) in [5.41, 5.74) is 4.60. The number of carbonyl (C=O) groups is 3. The molecule has 3 aromatic rings. The first kappa shape index (κ1) is 21.5. The molecule has 2 aromatic carbocycles. The lowest BCUT2D eigenvalue weighted by atomic mass is 10.2. The van der Waals surface area contributed by atoms with Crippen molar-refractivity contribution in [3.63, 3.8) is 0 Å². The fourth-order valence-electron chi connectivity index (χ4n) is 3.08. The summed E-state index contributed by atoms with van der Waals surface area (Å²) in [6, 6.07) is 17.0. The Morgan fingerprint density at radius 2 is 1.85 bits per heavy atom. The minimum atomic E-state index is -0.530. The van der Waals surface area contributed by atoms with E-state index in [9.17, 15) is 14.4 Å². The van der Waals surface area contributed by atoms with Gasteiger partial charge in [0.05, 0.1) is 24.0 Å². The standard InChI is InChI=1S/C23H20N6O4/c1-33-19-12-16(9-10-18(19)27-22(31)15-6-5-11-24-13-15)26-23(32)21-25-14-20(30)29(28-21)17-7-3-2-4-8-17/h2-13H,14H2,1H3,(H,25,28)(H,26,32)(H,27,31). The number of methoxy groups -OCH3 is 1. The number of ether oxygens (including phenoxy) is 1. The third kappa shape index (κ3) is 4.96. The number of amidine groups is 1. The van der Waals surface area contributed by atoms with E-state index in [0.717, 1.165) is 0 Å². The first-order valence-electron chi connectivity index (χ1n) is 9.95. The van der Waals surface area contributed by atoms with Gasteiger partial charge in [-0.2, -0.15) is 0 Å². The number of rotatable bonds is 6. The maximum Gasteiger partial charge on any atom is 0.292 e. The summed E-state index contributed by atoms with van der Waals surface area (Å²) in [6.07, 6.45) is 3.03. The van der Waals surface area contributed by atoms with Crippen molar-refractivity contribution in [1.29, 1.82) is 0 Å². The van der Waals surface area contributed by atoms with Crippen LogP contribution in [-0.4, -0.2) is 42.2 Å². The van der Waals surface area contributed by atoms with Crippen LogP contribution in [0.25, 0.3) is 0 Å². The quantitative estimate of drug-likeness (QED) is 0.536. The molecule has 4 rings (SSSR count). The van der Waals surface area contributed by atoms with Crippen molar-refractivity contribution in [2.45, 2.75) is 0 Å². The summed E-state index contributed by atoms with van der Waals surface area (Å²) in [5.74, 6) is -0.813. The van der Waals surface area contributed by atoms with Gasteiger partial charge in [0, 0.05) is 24.1 Å². The molecule has 1 aliphatic heterocycles. The molecule has 0 atom stereocenters. The first-order chi connectivity index (χ1) is 16.0. The van der Waals surface area contributed by atoms with Gasteiger partial charge in [0.1, 0.15) is 12.3 Å². The van der Waals surface area contributed by atoms with Gasteiger partial charge in [0.15, 0.2) is 0 Å². The van der Waals surface area contributed by atoms with Crippen molar-refractivity contribution in [3.8, 4) is 5.75 Å². The van der Waals surface area contributed by atoms with Crippen LogP contribution in [-0.2, 0) is 9.59 Å². The summed E-state index contributed by atoms with van der Waals surface area (Å²) in [5, 5.41) is 6.74. The monoisotopic (exact) mass is 444 g/mol. The Labute approximate surface area is 189 Å². The molecule has 2 heterocycles. The van der Waals surface area contributed by atoms with Crippen LogP contribution in [0, 0.1) is 0 Å². The number of hydrazine groups is 1. The van der Waals surface area contributed by atoms with Gasteiger partial charge >= 0.3 is 0 Å². The molecule has 0 radical (unpaired) electrons. The van der Waals surface area contributed by atoms with E-state index in [1.807, 2.05) is 6.07 Å². The number of anilines is 3. The number of amides is 3. The summed E-state index contributed by atoms with van der Waals surface area (Å²) in [7, 11) is 1.46. The van der Waals surface area contributed by atoms with E-state index in [2.05, 4.69) is 26.0 Å². The van der Waals surface area contributed by atoms with E-state index >= 15 is 0 Å². The lowest BCUT2D eigenvalue weighted by Crippen LogP contribution is -2.54. The topological polar surface area (TPSA) is 125 Å². The van der Waals surface area contributed by atoms with Crippen LogP contribution in [0.1, 0.15) is 10.4 Å². The van der Waals surface area contributed by atoms with E-state index < -0.39 is 5.91 Å². The molecule has 0 fully saturated rings. The fourth-order valence-corrected chi connectivity index (χ4v) is 3.08. The molecular formula is C23H20N6O4. The van der Waals surface area contributed by atoms with E-state index in [1.165, 1.54) is 18.3 Å². The number of aromatic nitrogens is 1. The van der Waals surface area contributed by atoms with Crippen LogP contribution in [0.3, 0.4) is 0 Å². The number of pyridine rings is 1. The Bertz CT molecular complexity index is 1210. The molecule has 0 bridgehead atoms. The molecule has 10 heteroatoms. The molecule has 0 unspecified atom stereocenters. The highest BCUT2D eigenvalue weighted by molar-refractivity contribution is 6.43. The van der Waals surface area contributed by atoms with Crippen molar-refractivity contribution in [2.24, 2.45) is 4.99 Å². The Hall–Kier alpha value is -4.73. The average molecular weight is 444 g/mol. The minimum absolute atomic E-state index is 0.00798. The molecular weight excluding hydrogens is 424 g/mol. The predicted molar refractivity (Wildman–Crippen MR) is 123 cm³/mol. The van der Waals surface area contributed by atoms with E-state index in [-0.39, 0.29) is 24.2 Å². The van der Waals surface area contributed by atoms with Crippen LogP contribution >= 0.6 is 0 Å². The summed E-state index contributed by atoms with van der Waals surface area (Å²) >= 11 is 0. The highest BCUT2D eigenvalue weighted by Crippen LogP contribution is 2.28. The average Bonchev–Trinajstić information content (AvgIpc) is 2.86. The Kier molecular flexibility index (Phi) is 6.26. The van der Waals surface area contributed by atoms with Crippen LogP contribution in [0.15, 0.2) is 78.0 Å². The molecule has 166 valence electrons. The molecule has 0 saturated heterocycles. The number of hydrogen-bond donors (Lipinski definition) is 3. The van der Waals surface area contributed by atoms with Gasteiger partial charge in [-0.1, -0.05) is 18.2 Å².